The first-order valence-electron chi connectivity index (χ1n) is 9.70. The van der Waals surface area contributed by atoms with Gasteiger partial charge in [-0.2, -0.15) is 4.98 Å². The largest absolute Gasteiger partial charge is 0.481 e. The van der Waals surface area contributed by atoms with Crippen molar-refractivity contribution >= 4 is 22.8 Å². The van der Waals surface area contributed by atoms with E-state index >= 15 is 0 Å². The maximum Gasteiger partial charge on any atom is 0.270 e. The van der Waals surface area contributed by atoms with Crippen LogP contribution in [0.15, 0.2) is 42.6 Å². The Morgan fingerprint density at radius 3 is 2.68 bits per heavy atom. The zero-order chi connectivity index (χ0) is 19.5. The van der Waals surface area contributed by atoms with Gasteiger partial charge in [0, 0.05) is 55.9 Å². The number of benzene rings is 1. The second kappa shape index (κ2) is 7.88. The van der Waals surface area contributed by atoms with Crippen molar-refractivity contribution in [1.82, 2.24) is 19.4 Å². The third-order valence-corrected chi connectivity index (χ3v) is 5.15. The Bertz CT molecular complexity index is 976. The van der Waals surface area contributed by atoms with Crippen LogP contribution in [0.1, 0.15) is 23.8 Å². The molecule has 1 amide bonds. The quantitative estimate of drug-likeness (QED) is 0.682. The maximum absolute atomic E-state index is 13.2. The van der Waals surface area contributed by atoms with Crippen LogP contribution in [0.2, 0.25) is 0 Å². The molecule has 0 unspecified atom stereocenters. The van der Waals surface area contributed by atoms with Gasteiger partial charge >= 0.3 is 0 Å². The minimum absolute atomic E-state index is 0.0934. The molecule has 1 aromatic carbocycles. The number of methoxy groups -OCH3 is 1. The normalized spacial score (nSPS) is 14.5. The summed E-state index contributed by atoms with van der Waals surface area (Å²) < 4.78 is 7.33. The van der Waals surface area contributed by atoms with E-state index in [9.17, 15) is 4.79 Å². The van der Waals surface area contributed by atoms with Gasteiger partial charge in [0.25, 0.3) is 5.91 Å². The summed E-state index contributed by atoms with van der Waals surface area (Å²) >= 11 is 0. The number of para-hydroxylation sites is 1. The molecule has 0 atom stereocenters. The number of anilines is 1. The average molecular weight is 379 g/mol. The highest BCUT2D eigenvalue weighted by atomic mass is 16.5. The number of hydrogen-bond donors (Lipinski definition) is 0. The van der Waals surface area contributed by atoms with Gasteiger partial charge in [-0.1, -0.05) is 25.1 Å². The fraction of sp³-hybridized carbons (Fsp3) is 0.381. The summed E-state index contributed by atoms with van der Waals surface area (Å²) in [5.41, 5.74) is 1.89. The average Bonchev–Trinajstić information content (AvgIpc) is 3.12. The van der Waals surface area contributed by atoms with Crippen LogP contribution in [0.4, 0.5) is 5.95 Å². The highest BCUT2D eigenvalue weighted by Crippen LogP contribution is 2.23. The molecule has 2 aromatic heterocycles. The number of aryl methyl sites for hydroxylation is 1. The summed E-state index contributed by atoms with van der Waals surface area (Å²) in [6.07, 6.45) is 2.68. The van der Waals surface area contributed by atoms with Gasteiger partial charge in [0.15, 0.2) is 0 Å². The van der Waals surface area contributed by atoms with Crippen LogP contribution < -0.4 is 9.64 Å². The first-order chi connectivity index (χ1) is 13.7. The smallest absolute Gasteiger partial charge is 0.270 e. The number of carbonyl (C=O) groups is 1. The first kappa shape index (κ1) is 18.3. The predicted molar refractivity (Wildman–Crippen MR) is 109 cm³/mol. The van der Waals surface area contributed by atoms with Crippen molar-refractivity contribution in [3.8, 4) is 5.88 Å². The fourth-order valence-electron chi connectivity index (χ4n) is 3.72. The van der Waals surface area contributed by atoms with E-state index in [-0.39, 0.29) is 5.91 Å². The van der Waals surface area contributed by atoms with Crippen molar-refractivity contribution < 1.29 is 9.53 Å². The van der Waals surface area contributed by atoms with Crippen molar-refractivity contribution in [3.05, 3.63) is 48.3 Å². The lowest BCUT2D eigenvalue weighted by Gasteiger charge is -2.34. The second-order valence-electron chi connectivity index (χ2n) is 6.92. The van der Waals surface area contributed by atoms with Crippen molar-refractivity contribution in [2.45, 2.75) is 19.9 Å². The molecule has 7 nitrogen and oxygen atoms in total. The van der Waals surface area contributed by atoms with E-state index in [2.05, 4.69) is 38.5 Å². The van der Waals surface area contributed by atoms with Gasteiger partial charge in [-0.3, -0.25) is 4.79 Å². The summed E-state index contributed by atoms with van der Waals surface area (Å²) in [5, 5.41) is 1.11. The van der Waals surface area contributed by atoms with Crippen molar-refractivity contribution in [2.75, 3.05) is 38.2 Å². The van der Waals surface area contributed by atoms with Gasteiger partial charge in [-0.25, -0.2) is 4.98 Å². The van der Waals surface area contributed by atoms with Gasteiger partial charge in [-0.05, 0) is 18.6 Å². The summed E-state index contributed by atoms with van der Waals surface area (Å²) in [6.45, 7) is 5.67. The summed E-state index contributed by atoms with van der Waals surface area (Å²) in [6, 6.07) is 11.9. The van der Waals surface area contributed by atoms with E-state index in [0.717, 1.165) is 29.6 Å². The van der Waals surface area contributed by atoms with Gasteiger partial charge in [-0.15, -0.1) is 0 Å². The first-order valence-corrected chi connectivity index (χ1v) is 9.70. The van der Waals surface area contributed by atoms with Crippen molar-refractivity contribution in [2.24, 2.45) is 0 Å². The molecule has 1 aliphatic rings. The van der Waals surface area contributed by atoms with Crippen LogP contribution in [0.5, 0.6) is 5.88 Å². The van der Waals surface area contributed by atoms with Crippen LogP contribution in [0, 0.1) is 0 Å². The number of amides is 1. The molecule has 0 saturated carbocycles. The molecule has 28 heavy (non-hydrogen) atoms. The SMILES string of the molecule is CCCn1c(C(=O)N2CCN(c3nccc(OC)n3)CC2)cc2ccccc21. The topological polar surface area (TPSA) is 63.5 Å². The third-order valence-electron chi connectivity index (χ3n) is 5.15. The predicted octanol–water partition coefficient (Wildman–Crippen LogP) is 2.81. The number of fused-ring (bicyclic) bond motifs is 1. The van der Waals surface area contributed by atoms with Gasteiger partial charge in [0.05, 0.1) is 7.11 Å². The van der Waals surface area contributed by atoms with Crippen LogP contribution in [0.3, 0.4) is 0 Å². The summed E-state index contributed by atoms with van der Waals surface area (Å²) in [7, 11) is 1.60. The number of aromatic nitrogens is 3. The number of ether oxygens (including phenoxy) is 1. The lowest BCUT2D eigenvalue weighted by molar-refractivity contribution is 0.0735. The minimum atomic E-state index is 0.0934. The molecule has 1 aliphatic heterocycles. The Morgan fingerprint density at radius 2 is 1.93 bits per heavy atom. The molecule has 1 fully saturated rings. The number of piperazine rings is 1. The molecule has 0 bridgehead atoms. The second-order valence-corrected chi connectivity index (χ2v) is 6.92. The number of carbonyl (C=O) groups excluding carboxylic acids is 1. The lowest BCUT2D eigenvalue weighted by Crippen LogP contribution is -2.49. The Hall–Kier alpha value is -3.09. The highest BCUT2D eigenvalue weighted by molar-refractivity contribution is 5.98. The van der Waals surface area contributed by atoms with Crippen molar-refractivity contribution in [3.63, 3.8) is 0 Å². The van der Waals surface area contributed by atoms with E-state index in [1.807, 2.05) is 23.1 Å². The van der Waals surface area contributed by atoms with E-state index < -0.39 is 0 Å². The Morgan fingerprint density at radius 1 is 1.14 bits per heavy atom. The molecule has 0 aliphatic carbocycles. The Balaban J connectivity index is 1.51. The molecule has 0 spiro atoms. The molecule has 1 saturated heterocycles. The molecule has 0 radical (unpaired) electrons. The van der Waals surface area contributed by atoms with Gasteiger partial charge in [0.1, 0.15) is 5.69 Å². The molecule has 146 valence electrons. The third kappa shape index (κ3) is 3.40. The number of hydrogen-bond acceptors (Lipinski definition) is 5. The zero-order valence-corrected chi connectivity index (χ0v) is 16.3. The fourth-order valence-corrected chi connectivity index (χ4v) is 3.72. The van der Waals surface area contributed by atoms with E-state index in [1.165, 1.54) is 0 Å². The molecule has 3 aromatic rings. The molecule has 0 N–H and O–H groups in total. The standard InChI is InChI=1S/C21H25N5O2/c1-3-10-26-17-7-5-4-6-16(17)15-18(26)20(27)24-11-13-25(14-12-24)21-22-9-8-19(23-21)28-2/h4-9,15H,3,10-14H2,1-2H3. The van der Waals surface area contributed by atoms with Crippen LogP contribution in [-0.2, 0) is 6.54 Å². The Labute approximate surface area is 164 Å². The monoisotopic (exact) mass is 379 g/mol. The Kier molecular flexibility index (Phi) is 5.14. The lowest BCUT2D eigenvalue weighted by atomic mass is 10.2. The molecular formula is C21H25N5O2. The van der Waals surface area contributed by atoms with E-state index in [4.69, 9.17) is 4.74 Å². The zero-order valence-electron chi connectivity index (χ0n) is 16.3. The van der Waals surface area contributed by atoms with Crippen LogP contribution in [0.25, 0.3) is 10.9 Å². The van der Waals surface area contributed by atoms with E-state index in [1.54, 1.807) is 19.4 Å². The van der Waals surface area contributed by atoms with Crippen molar-refractivity contribution in [1.29, 1.82) is 0 Å². The summed E-state index contributed by atoms with van der Waals surface area (Å²) in [4.78, 5) is 26.0. The molecular weight excluding hydrogens is 354 g/mol. The van der Waals surface area contributed by atoms with Gasteiger partial charge < -0.3 is 19.1 Å². The molecule has 7 heteroatoms. The van der Waals surface area contributed by atoms with E-state index in [0.29, 0.717) is 38.0 Å². The number of rotatable bonds is 5. The maximum atomic E-state index is 13.2. The van der Waals surface area contributed by atoms with Gasteiger partial charge in [0.2, 0.25) is 11.8 Å². The molecule has 3 heterocycles. The summed E-state index contributed by atoms with van der Waals surface area (Å²) in [5.74, 6) is 1.29. The number of nitrogens with zero attached hydrogens (tertiary/aromatic N) is 5. The van der Waals surface area contributed by atoms with Crippen LogP contribution >= 0.6 is 0 Å². The molecule has 4 rings (SSSR count). The van der Waals surface area contributed by atoms with Crippen LogP contribution in [-0.4, -0.2) is 58.6 Å². The highest BCUT2D eigenvalue weighted by Gasteiger charge is 2.26. The minimum Gasteiger partial charge on any atom is -0.481 e.